The second-order valence-corrected chi connectivity index (χ2v) is 6.47. The number of alkyl halides is 2. The third kappa shape index (κ3) is 5.00. The molecule has 0 radical (unpaired) electrons. The van der Waals surface area contributed by atoms with Crippen LogP contribution in [0.3, 0.4) is 0 Å². The number of carbonyl (C=O) groups excluding carboxylic acids is 3. The van der Waals surface area contributed by atoms with Gasteiger partial charge in [-0.25, -0.2) is 4.79 Å². The van der Waals surface area contributed by atoms with Gasteiger partial charge in [-0.3, -0.25) is 4.79 Å². The number of hydrogen-bond acceptors (Lipinski definition) is 5. The molecule has 0 aliphatic heterocycles. The molecular weight excluding hydrogens is 530 g/mol. The van der Waals surface area contributed by atoms with Crippen LogP contribution in [0, 0.1) is 7.14 Å². The molecular formula is C12H8F2I2NO5-. The van der Waals surface area contributed by atoms with Crippen molar-refractivity contribution in [2.24, 2.45) is 0 Å². The van der Waals surface area contributed by atoms with Gasteiger partial charge in [0.1, 0.15) is 5.97 Å². The van der Waals surface area contributed by atoms with Gasteiger partial charge in [-0.05, 0) is 57.3 Å². The van der Waals surface area contributed by atoms with E-state index in [1.165, 1.54) is 13.0 Å². The van der Waals surface area contributed by atoms with E-state index >= 15 is 0 Å². The predicted molar refractivity (Wildman–Crippen MR) is 86.4 cm³/mol. The maximum atomic E-state index is 12.9. The molecule has 1 rings (SSSR count). The number of carboxylic acids is 1. The summed E-state index contributed by atoms with van der Waals surface area (Å²) in [5.41, 5.74) is -0.0454. The Hall–Kier alpha value is -1.05. The summed E-state index contributed by atoms with van der Waals surface area (Å²) in [6.45, 7) is -0.441. The van der Waals surface area contributed by atoms with E-state index in [4.69, 9.17) is 0 Å². The number of ether oxygens (including phenoxy) is 1. The van der Waals surface area contributed by atoms with Gasteiger partial charge < -0.3 is 20.0 Å². The fourth-order valence-electron chi connectivity index (χ4n) is 1.33. The second-order valence-electron chi connectivity index (χ2n) is 4.06. The normalized spacial score (nSPS) is 11.0. The van der Waals surface area contributed by atoms with E-state index in [1.807, 2.05) is 45.2 Å². The van der Waals surface area contributed by atoms with Gasteiger partial charge in [0.05, 0.1) is 11.3 Å². The van der Waals surface area contributed by atoms with E-state index in [2.05, 4.69) is 10.1 Å². The van der Waals surface area contributed by atoms with Gasteiger partial charge in [0.15, 0.2) is 6.61 Å². The molecule has 1 amide bonds. The van der Waals surface area contributed by atoms with Crippen LogP contribution in [0.5, 0.6) is 0 Å². The molecule has 6 nitrogen and oxygen atoms in total. The first-order valence-electron chi connectivity index (χ1n) is 5.57. The van der Waals surface area contributed by atoms with Crippen LogP contribution in [0.2, 0.25) is 0 Å². The quantitative estimate of drug-likeness (QED) is 0.452. The van der Waals surface area contributed by atoms with E-state index in [9.17, 15) is 28.3 Å². The van der Waals surface area contributed by atoms with Crippen LogP contribution >= 0.6 is 45.2 Å². The largest absolute Gasteiger partial charge is 0.544 e. The number of hydrogen-bond donors (Lipinski definition) is 1. The van der Waals surface area contributed by atoms with Gasteiger partial charge in [0, 0.05) is 14.1 Å². The Bertz CT molecular complexity index is 636. The zero-order valence-electron chi connectivity index (χ0n) is 10.9. The number of rotatable bonds is 5. The first kappa shape index (κ1) is 19.0. The van der Waals surface area contributed by atoms with E-state index in [0.29, 0.717) is 7.14 Å². The lowest BCUT2D eigenvalue weighted by atomic mass is 10.2. The molecule has 0 aliphatic rings. The van der Waals surface area contributed by atoms with Crippen molar-refractivity contribution >= 4 is 68.7 Å². The number of anilines is 1. The molecule has 0 bridgehead atoms. The monoisotopic (exact) mass is 538 g/mol. The summed E-state index contributed by atoms with van der Waals surface area (Å²) < 4.78 is 31.2. The first-order chi connectivity index (χ1) is 10.0. The Morgan fingerprint density at radius 2 is 1.91 bits per heavy atom. The van der Waals surface area contributed by atoms with Crippen LogP contribution < -0.4 is 10.4 Å². The lowest BCUT2D eigenvalue weighted by Gasteiger charge is -2.18. The SMILES string of the molecule is CC(=O)Nc1c(I)cc(I)cc1C(=O)OCC(F)(F)C(=O)[O-]. The molecule has 0 aliphatic carbocycles. The number of nitrogens with one attached hydrogen (secondary N) is 1. The van der Waals surface area contributed by atoms with Crippen molar-refractivity contribution in [2.45, 2.75) is 12.8 Å². The molecule has 0 aromatic heterocycles. The molecule has 0 heterocycles. The molecule has 0 atom stereocenters. The minimum atomic E-state index is -4.29. The molecule has 120 valence electrons. The number of aliphatic carboxylic acids is 1. The van der Waals surface area contributed by atoms with Crippen molar-refractivity contribution in [1.29, 1.82) is 0 Å². The number of carbonyl (C=O) groups is 3. The summed E-state index contributed by atoms with van der Waals surface area (Å²) in [5.74, 6) is -8.58. The third-order valence-electron chi connectivity index (χ3n) is 2.26. The predicted octanol–water partition coefficient (Wildman–Crippen LogP) is 1.40. The number of benzene rings is 1. The van der Waals surface area contributed by atoms with Gasteiger partial charge in [-0.1, -0.05) is 0 Å². The highest BCUT2D eigenvalue weighted by Gasteiger charge is 2.33. The van der Waals surface area contributed by atoms with Crippen LogP contribution in [0.15, 0.2) is 12.1 Å². The number of halogens is 4. The van der Waals surface area contributed by atoms with Crippen molar-refractivity contribution in [1.82, 2.24) is 0 Å². The summed E-state index contributed by atoms with van der Waals surface area (Å²) >= 11 is 3.75. The fraction of sp³-hybridized carbons (Fsp3) is 0.250. The maximum absolute atomic E-state index is 12.9. The zero-order chi connectivity index (χ0) is 17.1. The fourth-order valence-corrected chi connectivity index (χ4v) is 3.31. The zero-order valence-corrected chi connectivity index (χ0v) is 15.2. The molecule has 10 heteroatoms. The van der Waals surface area contributed by atoms with Gasteiger partial charge in [-0.2, -0.15) is 8.78 Å². The van der Waals surface area contributed by atoms with Crippen LogP contribution in [-0.2, 0) is 14.3 Å². The highest BCUT2D eigenvalue weighted by molar-refractivity contribution is 14.1. The lowest BCUT2D eigenvalue weighted by Crippen LogP contribution is -2.45. The summed E-state index contributed by atoms with van der Waals surface area (Å²) in [6, 6.07) is 2.98. The Labute approximate surface area is 150 Å². The van der Waals surface area contributed by atoms with Crippen LogP contribution in [0.25, 0.3) is 0 Å². The molecule has 0 saturated carbocycles. The summed E-state index contributed by atoms with van der Waals surface area (Å²) in [5, 5.41) is 12.6. The van der Waals surface area contributed by atoms with Crippen molar-refractivity contribution in [2.75, 3.05) is 11.9 Å². The molecule has 0 spiro atoms. The smallest absolute Gasteiger partial charge is 0.340 e. The van der Waals surface area contributed by atoms with Gasteiger partial charge in [-0.15, -0.1) is 0 Å². The summed E-state index contributed by atoms with van der Waals surface area (Å²) in [7, 11) is 0. The standard InChI is InChI=1S/C12H9F2I2NO5/c1-5(18)17-9-7(2-6(15)3-8(9)16)10(19)22-4-12(13,14)11(20)21/h2-3H,4H2,1H3,(H,17,18)(H,20,21)/p-1. The van der Waals surface area contributed by atoms with Crippen molar-refractivity contribution in [3.63, 3.8) is 0 Å². The van der Waals surface area contributed by atoms with Crippen LogP contribution in [0.4, 0.5) is 14.5 Å². The number of esters is 1. The highest BCUT2D eigenvalue weighted by Crippen LogP contribution is 2.27. The average molecular weight is 538 g/mol. The summed E-state index contributed by atoms with van der Waals surface area (Å²) in [4.78, 5) is 33.2. The average Bonchev–Trinajstić information content (AvgIpc) is 2.38. The van der Waals surface area contributed by atoms with Crippen LogP contribution in [0.1, 0.15) is 17.3 Å². The van der Waals surface area contributed by atoms with Crippen molar-refractivity contribution in [3.05, 3.63) is 24.8 Å². The minimum absolute atomic E-state index is 0.107. The molecule has 1 N–H and O–H groups in total. The van der Waals surface area contributed by atoms with Gasteiger partial charge in [0.2, 0.25) is 5.91 Å². The van der Waals surface area contributed by atoms with Crippen LogP contribution in [-0.4, -0.2) is 30.4 Å². The second kappa shape index (κ2) is 7.48. The van der Waals surface area contributed by atoms with Gasteiger partial charge >= 0.3 is 11.9 Å². The molecule has 0 saturated heterocycles. The Balaban J connectivity index is 3.07. The molecule has 1 aromatic rings. The lowest BCUT2D eigenvalue weighted by molar-refractivity contribution is -0.331. The van der Waals surface area contributed by atoms with Crippen molar-refractivity contribution in [3.8, 4) is 0 Å². The third-order valence-corrected chi connectivity index (χ3v) is 3.73. The molecule has 1 aromatic carbocycles. The molecule has 0 unspecified atom stereocenters. The topological polar surface area (TPSA) is 95.5 Å². The minimum Gasteiger partial charge on any atom is -0.544 e. The Morgan fingerprint density at radius 1 is 1.32 bits per heavy atom. The van der Waals surface area contributed by atoms with E-state index in [1.54, 1.807) is 6.07 Å². The Morgan fingerprint density at radius 3 is 2.41 bits per heavy atom. The van der Waals surface area contributed by atoms with Gasteiger partial charge in [0.25, 0.3) is 0 Å². The van der Waals surface area contributed by atoms with Crippen molar-refractivity contribution < 1.29 is 33.0 Å². The summed E-state index contributed by atoms with van der Waals surface area (Å²) in [6.07, 6.45) is 0. The van der Waals surface area contributed by atoms with E-state index < -0.39 is 30.4 Å². The maximum Gasteiger partial charge on any atom is 0.340 e. The van der Waals surface area contributed by atoms with E-state index in [-0.39, 0.29) is 11.3 Å². The number of carboxylic acid groups (broad SMARTS) is 1. The number of amides is 1. The highest BCUT2D eigenvalue weighted by atomic mass is 127. The van der Waals surface area contributed by atoms with E-state index in [0.717, 1.165) is 0 Å². The first-order valence-corrected chi connectivity index (χ1v) is 7.73. The molecule has 22 heavy (non-hydrogen) atoms. The molecule has 0 fully saturated rings. The Kier molecular flexibility index (Phi) is 6.46.